The van der Waals surface area contributed by atoms with Gasteiger partial charge in [0.1, 0.15) is 5.82 Å². The number of ether oxygens (including phenoxy) is 2. The molecule has 1 atom stereocenters. The average molecular weight is 295 g/mol. The maximum atomic E-state index is 13.4. The van der Waals surface area contributed by atoms with Crippen molar-refractivity contribution < 1.29 is 27.0 Å². The molecule has 0 aromatic heterocycles. The first kappa shape index (κ1) is 16.9. The lowest BCUT2D eigenvalue weighted by Crippen LogP contribution is -2.16. The van der Waals surface area contributed by atoms with E-state index in [0.29, 0.717) is 37.9 Å². The van der Waals surface area contributed by atoms with Crippen LogP contribution in [0.3, 0.4) is 0 Å². The largest absolute Gasteiger partial charge is 0.419 e. The Morgan fingerprint density at radius 3 is 2.45 bits per heavy atom. The van der Waals surface area contributed by atoms with E-state index in [2.05, 4.69) is 0 Å². The minimum atomic E-state index is -4.70. The monoisotopic (exact) mass is 295 g/mol. The molecule has 1 aromatic rings. The molecule has 1 aromatic carbocycles. The second kappa shape index (κ2) is 7.56. The van der Waals surface area contributed by atoms with Crippen molar-refractivity contribution in [3.63, 3.8) is 0 Å². The fourth-order valence-corrected chi connectivity index (χ4v) is 1.61. The molecule has 2 N–H and O–H groups in total. The first-order valence-electron chi connectivity index (χ1n) is 6.05. The first-order valence-corrected chi connectivity index (χ1v) is 6.05. The molecule has 0 aliphatic carbocycles. The number of benzene rings is 1. The Bertz CT molecular complexity index is 423. The normalized spacial score (nSPS) is 13.5. The molecule has 0 saturated heterocycles. The van der Waals surface area contributed by atoms with Crippen molar-refractivity contribution >= 4 is 0 Å². The molecule has 0 amide bonds. The number of alkyl halides is 3. The van der Waals surface area contributed by atoms with Gasteiger partial charge in [0.05, 0.1) is 18.8 Å². The SMILES string of the molecule is COCCOCCC(N)c1ccc(C(F)(F)F)c(F)c1. The molecule has 0 radical (unpaired) electrons. The van der Waals surface area contributed by atoms with Gasteiger partial charge < -0.3 is 15.2 Å². The summed E-state index contributed by atoms with van der Waals surface area (Å²) in [5.74, 6) is -1.31. The van der Waals surface area contributed by atoms with Crippen molar-refractivity contribution in [2.24, 2.45) is 5.73 Å². The van der Waals surface area contributed by atoms with E-state index in [4.69, 9.17) is 15.2 Å². The Morgan fingerprint density at radius 1 is 1.20 bits per heavy atom. The van der Waals surface area contributed by atoms with E-state index >= 15 is 0 Å². The second-order valence-electron chi connectivity index (χ2n) is 4.24. The van der Waals surface area contributed by atoms with E-state index in [9.17, 15) is 17.6 Å². The van der Waals surface area contributed by atoms with Crippen LogP contribution in [0.25, 0.3) is 0 Å². The van der Waals surface area contributed by atoms with Crippen LogP contribution in [0.1, 0.15) is 23.6 Å². The van der Waals surface area contributed by atoms with Crippen molar-refractivity contribution in [2.45, 2.75) is 18.6 Å². The predicted octanol–water partition coefficient (Wildman–Crippen LogP) is 2.90. The molecule has 0 spiro atoms. The Hall–Kier alpha value is -1.18. The van der Waals surface area contributed by atoms with Crippen molar-refractivity contribution in [3.8, 4) is 0 Å². The van der Waals surface area contributed by atoms with E-state index in [1.165, 1.54) is 6.07 Å². The van der Waals surface area contributed by atoms with Gasteiger partial charge in [0.2, 0.25) is 0 Å². The van der Waals surface area contributed by atoms with E-state index in [-0.39, 0.29) is 0 Å². The summed E-state index contributed by atoms with van der Waals surface area (Å²) in [5, 5.41) is 0. The number of rotatable bonds is 7. The van der Waals surface area contributed by atoms with Crippen molar-refractivity contribution in [1.29, 1.82) is 0 Å². The van der Waals surface area contributed by atoms with E-state index in [0.717, 1.165) is 6.07 Å². The van der Waals surface area contributed by atoms with Gasteiger partial charge in [-0.25, -0.2) is 4.39 Å². The third kappa shape index (κ3) is 5.07. The molecule has 3 nitrogen and oxygen atoms in total. The number of nitrogens with two attached hydrogens (primary N) is 1. The highest BCUT2D eigenvalue weighted by atomic mass is 19.4. The summed E-state index contributed by atoms with van der Waals surface area (Å²) in [4.78, 5) is 0. The minimum Gasteiger partial charge on any atom is -0.382 e. The summed E-state index contributed by atoms with van der Waals surface area (Å²) in [7, 11) is 1.54. The fourth-order valence-electron chi connectivity index (χ4n) is 1.61. The lowest BCUT2D eigenvalue weighted by molar-refractivity contribution is -0.140. The van der Waals surface area contributed by atoms with Crippen LogP contribution in [0.4, 0.5) is 17.6 Å². The summed E-state index contributed by atoms with van der Waals surface area (Å²) < 4.78 is 60.5. The number of halogens is 4. The van der Waals surface area contributed by atoms with Gasteiger partial charge in [0, 0.05) is 19.8 Å². The molecular weight excluding hydrogens is 278 g/mol. The molecule has 1 unspecified atom stereocenters. The summed E-state index contributed by atoms with van der Waals surface area (Å²) >= 11 is 0. The molecule has 0 aliphatic heterocycles. The van der Waals surface area contributed by atoms with Crippen LogP contribution in [-0.2, 0) is 15.7 Å². The molecule has 20 heavy (non-hydrogen) atoms. The zero-order chi connectivity index (χ0) is 15.2. The standard InChI is InChI=1S/C13H17F4NO2/c1-19-6-7-20-5-4-12(18)9-2-3-10(11(14)8-9)13(15,16)17/h2-3,8,12H,4-7,18H2,1H3. The molecule has 7 heteroatoms. The Kier molecular flexibility index (Phi) is 6.38. The molecule has 0 aliphatic rings. The average Bonchev–Trinajstić information content (AvgIpc) is 2.36. The van der Waals surface area contributed by atoms with E-state index < -0.39 is 23.6 Å². The van der Waals surface area contributed by atoms with E-state index in [1.807, 2.05) is 0 Å². The Labute approximate surface area is 114 Å². The highest BCUT2D eigenvalue weighted by molar-refractivity contribution is 5.28. The van der Waals surface area contributed by atoms with E-state index in [1.54, 1.807) is 7.11 Å². The van der Waals surface area contributed by atoms with Crippen LogP contribution in [0.15, 0.2) is 18.2 Å². The zero-order valence-corrected chi connectivity index (χ0v) is 11.0. The lowest BCUT2D eigenvalue weighted by atomic mass is 10.0. The first-order chi connectivity index (χ1) is 9.36. The number of hydrogen-bond donors (Lipinski definition) is 1. The van der Waals surface area contributed by atoms with Gasteiger partial charge in [-0.2, -0.15) is 13.2 Å². The molecule has 0 fully saturated rings. The maximum absolute atomic E-state index is 13.4. The van der Waals surface area contributed by atoms with Crippen LogP contribution in [0.2, 0.25) is 0 Å². The highest BCUT2D eigenvalue weighted by Gasteiger charge is 2.34. The highest BCUT2D eigenvalue weighted by Crippen LogP contribution is 2.32. The summed E-state index contributed by atoms with van der Waals surface area (Å²) in [6.07, 6.45) is -4.31. The van der Waals surface area contributed by atoms with Gasteiger partial charge in [0.25, 0.3) is 0 Å². The van der Waals surface area contributed by atoms with Gasteiger partial charge in [-0.3, -0.25) is 0 Å². The quantitative estimate of drug-likeness (QED) is 0.621. The lowest BCUT2D eigenvalue weighted by Gasteiger charge is -2.14. The third-order valence-corrected chi connectivity index (χ3v) is 2.73. The second-order valence-corrected chi connectivity index (χ2v) is 4.24. The van der Waals surface area contributed by atoms with Crippen LogP contribution in [0.5, 0.6) is 0 Å². The van der Waals surface area contributed by atoms with Gasteiger partial charge >= 0.3 is 6.18 Å². The van der Waals surface area contributed by atoms with Gasteiger partial charge in [0.15, 0.2) is 0 Å². The van der Waals surface area contributed by atoms with Crippen LogP contribution in [0, 0.1) is 5.82 Å². The van der Waals surface area contributed by atoms with Crippen molar-refractivity contribution in [2.75, 3.05) is 26.9 Å². The van der Waals surface area contributed by atoms with Crippen LogP contribution < -0.4 is 5.73 Å². The topological polar surface area (TPSA) is 44.5 Å². The minimum absolute atomic E-state index is 0.311. The predicted molar refractivity (Wildman–Crippen MR) is 65.6 cm³/mol. The Morgan fingerprint density at radius 2 is 1.90 bits per heavy atom. The van der Waals surface area contributed by atoms with Gasteiger partial charge in [-0.05, 0) is 24.1 Å². The summed E-state index contributed by atoms with van der Waals surface area (Å²) in [6.45, 7) is 1.18. The van der Waals surface area contributed by atoms with Crippen LogP contribution >= 0.6 is 0 Å². The molecule has 1 rings (SSSR count). The van der Waals surface area contributed by atoms with Crippen molar-refractivity contribution in [3.05, 3.63) is 35.1 Å². The fraction of sp³-hybridized carbons (Fsp3) is 0.538. The maximum Gasteiger partial charge on any atom is 0.419 e. The Balaban J connectivity index is 2.57. The van der Waals surface area contributed by atoms with Crippen molar-refractivity contribution in [1.82, 2.24) is 0 Å². The molecule has 0 heterocycles. The van der Waals surface area contributed by atoms with Gasteiger partial charge in [-0.15, -0.1) is 0 Å². The van der Waals surface area contributed by atoms with Crippen LogP contribution in [-0.4, -0.2) is 26.9 Å². The molecule has 114 valence electrons. The summed E-state index contributed by atoms with van der Waals surface area (Å²) in [5.41, 5.74) is 4.80. The van der Waals surface area contributed by atoms with Gasteiger partial charge in [-0.1, -0.05) is 6.07 Å². The third-order valence-electron chi connectivity index (χ3n) is 2.73. The molecule has 0 bridgehead atoms. The number of methoxy groups -OCH3 is 1. The molecular formula is C13H17F4NO2. The molecule has 0 saturated carbocycles. The zero-order valence-electron chi connectivity index (χ0n) is 11.0. The number of hydrogen-bond acceptors (Lipinski definition) is 3. The smallest absolute Gasteiger partial charge is 0.382 e. The summed E-state index contributed by atoms with van der Waals surface area (Å²) in [6, 6.07) is 2.14.